The second-order valence-electron chi connectivity index (χ2n) is 2.99. The van der Waals surface area contributed by atoms with E-state index in [1.54, 1.807) is 23.9 Å². The highest BCUT2D eigenvalue weighted by Gasteiger charge is 2.14. The van der Waals surface area contributed by atoms with E-state index in [1.165, 1.54) is 0 Å². The number of rotatable bonds is 1. The Morgan fingerprint density at radius 1 is 1.57 bits per heavy atom. The number of hydrogen-bond donors (Lipinski definition) is 2. The normalized spacial score (nSPS) is 10.6. The first kappa shape index (κ1) is 8.55. The second-order valence-corrected chi connectivity index (χ2v) is 2.99. The Morgan fingerprint density at radius 3 is 2.93 bits per heavy atom. The molecule has 0 saturated carbocycles. The minimum atomic E-state index is -1.05. The van der Waals surface area contributed by atoms with E-state index < -0.39 is 5.97 Å². The minimum absolute atomic E-state index is 0.0882. The maximum Gasteiger partial charge on any atom is 0.339 e. The summed E-state index contributed by atoms with van der Waals surface area (Å²) in [5, 5.41) is 18.7. The Morgan fingerprint density at radius 2 is 2.29 bits per heavy atom. The molecule has 0 bridgehead atoms. The molecule has 72 valence electrons. The molecule has 2 aromatic heterocycles. The molecule has 2 aromatic rings. The molecule has 14 heavy (non-hydrogen) atoms. The van der Waals surface area contributed by atoms with Gasteiger partial charge in [0.1, 0.15) is 5.56 Å². The molecule has 0 spiro atoms. The van der Waals surface area contributed by atoms with Crippen LogP contribution in [0.1, 0.15) is 10.4 Å². The zero-order valence-corrected chi connectivity index (χ0v) is 7.43. The monoisotopic (exact) mass is 192 g/mol. The molecule has 5 nitrogen and oxygen atoms in total. The van der Waals surface area contributed by atoms with Crippen LogP contribution < -0.4 is 0 Å². The quantitative estimate of drug-likeness (QED) is 0.706. The number of carbonyl (C=O) groups is 1. The third-order valence-electron chi connectivity index (χ3n) is 2.12. The van der Waals surface area contributed by atoms with E-state index in [9.17, 15) is 9.90 Å². The summed E-state index contributed by atoms with van der Waals surface area (Å²) < 4.78 is 1.64. The summed E-state index contributed by atoms with van der Waals surface area (Å²) in [6.45, 7) is 0. The average Bonchev–Trinajstić information content (AvgIpc) is 2.50. The van der Waals surface area contributed by atoms with Crippen molar-refractivity contribution >= 4 is 16.9 Å². The Bertz CT molecular complexity index is 516. The van der Waals surface area contributed by atoms with Crippen LogP contribution in [-0.2, 0) is 7.05 Å². The van der Waals surface area contributed by atoms with Gasteiger partial charge in [-0.05, 0) is 6.07 Å². The summed E-state index contributed by atoms with van der Waals surface area (Å²) in [7, 11) is 1.72. The fourth-order valence-electron chi connectivity index (χ4n) is 1.46. The largest absolute Gasteiger partial charge is 0.493 e. The van der Waals surface area contributed by atoms with E-state index in [1.807, 2.05) is 0 Å². The van der Waals surface area contributed by atoms with Crippen molar-refractivity contribution in [3.63, 3.8) is 0 Å². The smallest absolute Gasteiger partial charge is 0.339 e. The third kappa shape index (κ3) is 1.02. The molecule has 0 aromatic carbocycles. The lowest BCUT2D eigenvalue weighted by Gasteiger charge is -2.01. The molecule has 0 fully saturated rings. The molecule has 0 aliphatic heterocycles. The molecule has 0 unspecified atom stereocenters. The number of hydrogen-bond acceptors (Lipinski definition) is 3. The van der Waals surface area contributed by atoms with Gasteiger partial charge >= 0.3 is 5.97 Å². The Labute approximate surface area is 79.2 Å². The lowest BCUT2D eigenvalue weighted by atomic mass is 10.2. The first-order valence-electron chi connectivity index (χ1n) is 3.97. The molecule has 0 saturated heterocycles. The van der Waals surface area contributed by atoms with Crippen LogP contribution in [0.3, 0.4) is 0 Å². The molecule has 0 radical (unpaired) electrons. The van der Waals surface area contributed by atoms with Gasteiger partial charge in [-0.25, -0.2) is 9.78 Å². The predicted molar refractivity (Wildman–Crippen MR) is 49.3 cm³/mol. The summed E-state index contributed by atoms with van der Waals surface area (Å²) in [5.74, 6) is -1.20. The summed E-state index contributed by atoms with van der Waals surface area (Å²) in [6.07, 6.45) is 2.83. The van der Waals surface area contributed by atoms with Gasteiger partial charge in [0.05, 0.1) is 10.9 Å². The highest BCUT2D eigenvalue weighted by Crippen LogP contribution is 2.25. The summed E-state index contributed by atoms with van der Waals surface area (Å²) in [5.41, 5.74) is 0.565. The van der Waals surface area contributed by atoms with Crippen LogP contribution in [0.4, 0.5) is 0 Å². The van der Waals surface area contributed by atoms with Crippen molar-refractivity contribution in [2.24, 2.45) is 7.05 Å². The topological polar surface area (TPSA) is 75.3 Å². The van der Waals surface area contributed by atoms with E-state index >= 15 is 0 Å². The van der Waals surface area contributed by atoms with Crippen molar-refractivity contribution in [3.8, 4) is 5.88 Å². The second kappa shape index (κ2) is 2.73. The van der Waals surface area contributed by atoms with Crippen LogP contribution in [0, 0.1) is 0 Å². The number of aromatic hydroxyl groups is 1. The van der Waals surface area contributed by atoms with E-state index in [0.29, 0.717) is 10.9 Å². The molecule has 0 amide bonds. The van der Waals surface area contributed by atoms with Crippen LogP contribution in [0.2, 0.25) is 0 Å². The fourth-order valence-corrected chi connectivity index (χ4v) is 1.46. The van der Waals surface area contributed by atoms with Crippen LogP contribution in [0.25, 0.3) is 10.9 Å². The highest BCUT2D eigenvalue weighted by molar-refractivity contribution is 6.03. The first-order chi connectivity index (χ1) is 6.61. The zero-order valence-electron chi connectivity index (χ0n) is 7.43. The van der Waals surface area contributed by atoms with Gasteiger partial charge in [0, 0.05) is 19.4 Å². The van der Waals surface area contributed by atoms with Crippen molar-refractivity contribution in [1.82, 2.24) is 9.55 Å². The van der Waals surface area contributed by atoms with Crippen LogP contribution in [0.15, 0.2) is 18.5 Å². The van der Waals surface area contributed by atoms with E-state index in [-0.39, 0.29) is 11.4 Å². The van der Waals surface area contributed by atoms with Gasteiger partial charge < -0.3 is 14.8 Å². The SMILES string of the molecule is Cn1ccc2c(O)ncc(C(=O)O)c21. The van der Waals surface area contributed by atoms with Gasteiger partial charge in [-0.15, -0.1) is 0 Å². The first-order valence-corrected chi connectivity index (χ1v) is 3.97. The zero-order chi connectivity index (χ0) is 10.3. The lowest BCUT2D eigenvalue weighted by molar-refractivity contribution is 0.0698. The molecule has 0 aliphatic rings. The van der Waals surface area contributed by atoms with Crippen molar-refractivity contribution in [1.29, 1.82) is 0 Å². The maximum atomic E-state index is 10.8. The van der Waals surface area contributed by atoms with Crippen LogP contribution in [0.5, 0.6) is 5.88 Å². The standard InChI is InChI=1S/C9H8N2O3/c1-11-3-2-5-7(11)6(9(13)14)4-10-8(5)12/h2-4H,1H3,(H,10,12)(H,13,14). The van der Waals surface area contributed by atoms with Crippen molar-refractivity contribution in [2.45, 2.75) is 0 Å². The van der Waals surface area contributed by atoms with Crippen LogP contribution >= 0.6 is 0 Å². The average molecular weight is 192 g/mol. The van der Waals surface area contributed by atoms with Gasteiger partial charge in [0.15, 0.2) is 0 Å². The molecule has 0 aliphatic carbocycles. The molecule has 2 rings (SSSR count). The van der Waals surface area contributed by atoms with Crippen molar-refractivity contribution < 1.29 is 15.0 Å². The van der Waals surface area contributed by atoms with E-state index in [4.69, 9.17) is 5.11 Å². The Kier molecular flexibility index (Phi) is 1.67. The van der Waals surface area contributed by atoms with E-state index in [0.717, 1.165) is 6.20 Å². The molecular formula is C9H8N2O3. The molecule has 2 heterocycles. The number of nitrogens with zero attached hydrogens (tertiary/aromatic N) is 2. The Balaban J connectivity index is 2.92. The Hall–Kier alpha value is -2.04. The van der Waals surface area contributed by atoms with Gasteiger partial charge in [-0.2, -0.15) is 0 Å². The minimum Gasteiger partial charge on any atom is -0.493 e. The predicted octanol–water partition coefficient (Wildman–Crippen LogP) is 0.977. The third-order valence-corrected chi connectivity index (χ3v) is 2.12. The van der Waals surface area contributed by atoms with Crippen molar-refractivity contribution in [2.75, 3.05) is 0 Å². The number of pyridine rings is 1. The molecular weight excluding hydrogens is 184 g/mol. The molecule has 5 heteroatoms. The number of carboxylic acid groups (broad SMARTS) is 1. The fraction of sp³-hybridized carbons (Fsp3) is 0.111. The number of fused-ring (bicyclic) bond motifs is 1. The van der Waals surface area contributed by atoms with Gasteiger partial charge in [0.2, 0.25) is 5.88 Å². The molecule has 0 atom stereocenters. The van der Waals surface area contributed by atoms with Crippen LogP contribution in [-0.4, -0.2) is 25.7 Å². The van der Waals surface area contributed by atoms with Crippen molar-refractivity contribution in [3.05, 3.63) is 24.0 Å². The van der Waals surface area contributed by atoms with Gasteiger partial charge in [0.25, 0.3) is 0 Å². The molecule has 2 N–H and O–H groups in total. The number of carboxylic acids is 1. The summed E-state index contributed by atoms with van der Waals surface area (Å²) >= 11 is 0. The summed E-state index contributed by atoms with van der Waals surface area (Å²) in [6, 6.07) is 1.63. The van der Waals surface area contributed by atoms with Gasteiger partial charge in [-0.1, -0.05) is 0 Å². The number of aromatic nitrogens is 2. The maximum absolute atomic E-state index is 10.8. The number of aromatic carboxylic acids is 1. The highest BCUT2D eigenvalue weighted by atomic mass is 16.4. The van der Waals surface area contributed by atoms with Gasteiger partial charge in [-0.3, -0.25) is 0 Å². The lowest BCUT2D eigenvalue weighted by Crippen LogP contribution is -2.01. The van der Waals surface area contributed by atoms with E-state index in [2.05, 4.69) is 4.98 Å². The summed E-state index contributed by atoms with van der Waals surface area (Å²) in [4.78, 5) is 14.4. The number of aryl methyl sites for hydroxylation is 1.